The number of benzene rings is 1. The molecule has 3 rings (SSSR count). The maximum Gasteiger partial charge on any atom is 0.331 e. The van der Waals surface area contributed by atoms with E-state index in [1.54, 1.807) is 6.07 Å². The summed E-state index contributed by atoms with van der Waals surface area (Å²) >= 11 is 0. The van der Waals surface area contributed by atoms with Crippen molar-refractivity contribution in [3.63, 3.8) is 0 Å². The SMILES string of the molecule is COc1cc(/C=C/C(=O)O[C@H]2[C@H](OC3CC(OC)C(O)C(O)/C3=C\C#N)O[C@H](CO)[C@@H](O)[C@@H]2O)ccc1O. The van der Waals surface area contributed by atoms with Gasteiger partial charge in [0.05, 0.1) is 32.0 Å². The predicted molar refractivity (Wildman–Crippen MR) is 127 cm³/mol. The normalized spacial score (nSPS) is 34.7. The highest BCUT2D eigenvalue weighted by atomic mass is 16.7. The molecule has 0 amide bonds. The van der Waals surface area contributed by atoms with Crippen LogP contribution >= 0.6 is 0 Å². The molecule has 2 aliphatic rings. The van der Waals surface area contributed by atoms with Gasteiger partial charge in [-0.3, -0.25) is 0 Å². The molecule has 1 aliphatic carbocycles. The van der Waals surface area contributed by atoms with Crippen LogP contribution < -0.4 is 4.74 Å². The van der Waals surface area contributed by atoms with Crippen LogP contribution in [0.25, 0.3) is 6.08 Å². The number of rotatable bonds is 8. The van der Waals surface area contributed by atoms with Crippen molar-refractivity contribution in [2.45, 2.75) is 61.5 Å². The standard InChI is InChI=1S/C25H31NO12/c1-34-16-9-12(3-5-14(16)28)4-6-19(29)38-24-23(33)22(32)18(11-27)37-25(24)36-15-10-17(35-2)21(31)20(30)13(15)7-8-26/h3-7,9,15,17-18,20-25,27-28,30-33H,10-11H2,1-2H3/b6-4+,13-7-/t15?,17?,18-,20?,21?,22-,23+,24-,25-/m1/s1. The fourth-order valence-electron chi connectivity index (χ4n) is 4.29. The molecule has 13 nitrogen and oxygen atoms in total. The van der Waals surface area contributed by atoms with Gasteiger partial charge in [0.25, 0.3) is 0 Å². The summed E-state index contributed by atoms with van der Waals surface area (Å²) in [6.45, 7) is -0.699. The predicted octanol–water partition coefficient (Wildman–Crippen LogP) is -1.26. The molecule has 0 radical (unpaired) electrons. The number of esters is 1. The Bertz CT molecular complexity index is 1070. The average Bonchev–Trinajstić information content (AvgIpc) is 2.91. The Labute approximate surface area is 218 Å². The number of phenolic OH excluding ortho intramolecular Hbond substituents is 1. The third-order valence-electron chi connectivity index (χ3n) is 6.39. The monoisotopic (exact) mass is 537 g/mol. The van der Waals surface area contributed by atoms with Gasteiger partial charge >= 0.3 is 5.97 Å². The van der Waals surface area contributed by atoms with Gasteiger partial charge in [-0.05, 0) is 23.8 Å². The summed E-state index contributed by atoms with van der Waals surface area (Å²) in [6, 6.07) is 6.12. The van der Waals surface area contributed by atoms with E-state index in [1.165, 1.54) is 38.5 Å². The first-order valence-electron chi connectivity index (χ1n) is 11.7. The molecule has 0 spiro atoms. The van der Waals surface area contributed by atoms with Gasteiger partial charge in [-0.2, -0.15) is 5.26 Å². The van der Waals surface area contributed by atoms with E-state index in [0.29, 0.717) is 5.56 Å². The zero-order valence-corrected chi connectivity index (χ0v) is 20.7. The molecule has 13 heteroatoms. The quantitative estimate of drug-likeness (QED) is 0.130. The molecular formula is C25H31NO12. The van der Waals surface area contributed by atoms with Crippen molar-refractivity contribution >= 4 is 12.0 Å². The van der Waals surface area contributed by atoms with Gasteiger partial charge in [0, 0.05) is 31.3 Å². The molecule has 1 heterocycles. The van der Waals surface area contributed by atoms with Gasteiger partial charge in [0.1, 0.15) is 30.5 Å². The summed E-state index contributed by atoms with van der Waals surface area (Å²) in [5.41, 5.74) is 0.487. The van der Waals surface area contributed by atoms with Crippen LogP contribution in [0.3, 0.4) is 0 Å². The van der Waals surface area contributed by atoms with Gasteiger partial charge < -0.3 is 54.3 Å². The number of carbonyl (C=O) groups is 1. The molecular weight excluding hydrogens is 506 g/mol. The molecule has 0 aromatic heterocycles. The number of methoxy groups -OCH3 is 2. The Morgan fingerprint density at radius 3 is 2.55 bits per heavy atom. The van der Waals surface area contributed by atoms with Crippen molar-refractivity contribution in [1.29, 1.82) is 5.26 Å². The van der Waals surface area contributed by atoms with E-state index < -0.39 is 67.7 Å². The Morgan fingerprint density at radius 2 is 1.92 bits per heavy atom. The molecule has 4 unspecified atom stereocenters. The smallest absolute Gasteiger partial charge is 0.331 e. The number of aliphatic hydroxyl groups excluding tert-OH is 5. The van der Waals surface area contributed by atoms with Crippen molar-refractivity contribution < 1.29 is 59.1 Å². The molecule has 1 aliphatic heterocycles. The number of hydrogen-bond acceptors (Lipinski definition) is 13. The first-order valence-corrected chi connectivity index (χ1v) is 11.7. The molecule has 9 atom stereocenters. The number of nitrogens with zero attached hydrogens (tertiary/aromatic N) is 1. The Morgan fingerprint density at radius 1 is 1.18 bits per heavy atom. The number of ether oxygens (including phenoxy) is 5. The van der Waals surface area contributed by atoms with Gasteiger partial charge in [-0.15, -0.1) is 0 Å². The fraction of sp³-hybridized carbons (Fsp3) is 0.520. The highest BCUT2D eigenvalue weighted by Gasteiger charge is 2.50. The molecule has 1 aromatic carbocycles. The lowest BCUT2D eigenvalue weighted by Gasteiger charge is -2.44. The molecule has 38 heavy (non-hydrogen) atoms. The van der Waals surface area contributed by atoms with Crippen molar-refractivity contribution in [2.75, 3.05) is 20.8 Å². The second kappa shape index (κ2) is 13.1. The van der Waals surface area contributed by atoms with Crippen LogP contribution in [0.5, 0.6) is 11.5 Å². The van der Waals surface area contributed by atoms with E-state index in [2.05, 4.69) is 0 Å². The van der Waals surface area contributed by atoms with Crippen LogP contribution in [-0.2, 0) is 23.7 Å². The molecule has 208 valence electrons. The van der Waals surface area contributed by atoms with E-state index in [0.717, 1.165) is 12.2 Å². The second-order valence-corrected chi connectivity index (χ2v) is 8.72. The first-order chi connectivity index (χ1) is 18.1. The molecule has 6 N–H and O–H groups in total. The summed E-state index contributed by atoms with van der Waals surface area (Å²) in [5, 5.41) is 70.2. The number of carbonyl (C=O) groups excluding carboxylic acids is 1. The molecule has 1 saturated heterocycles. The number of phenols is 1. The van der Waals surface area contributed by atoms with E-state index in [9.17, 15) is 35.4 Å². The van der Waals surface area contributed by atoms with Crippen LogP contribution in [-0.4, -0.2) is 113 Å². The van der Waals surface area contributed by atoms with Crippen LogP contribution in [0.2, 0.25) is 0 Å². The van der Waals surface area contributed by atoms with E-state index in [1.807, 2.05) is 0 Å². The van der Waals surface area contributed by atoms with Crippen molar-refractivity contribution in [3.05, 3.63) is 41.5 Å². The number of aliphatic hydroxyl groups is 5. The van der Waals surface area contributed by atoms with E-state index in [4.69, 9.17) is 28.9 Å². The van der Waals surface area contributed by atoms with Crippen LogP contribution in [0.15, 0.2) is 35.9 Å². The van der Waals surface area contributed by atoms with Crippen LogP contribution in [0.1, 0.15) is 12.0 Å². The minimum atomic E-state index is -1.74. The van der Waals surface area contributed by atoms with Crippen LogP contribution in [0.4, 0.5) is 0 Å². The second-order valence-electron chi connectivity index (χ2n) is 8.72. The topological polar surface area (TPSA) is 208 Å². The summed E-state index contributed by atoms with van der Waals surface area (Å²) in [7, 11) is 2.68. The van der Waals surface area contributed by atoms with E-state index in [-0.39, 0.29) is 23.5 Å². The lowest BCUT2D eigenvalue weighted by molar-refractivity contribution is -0.314. The average molecular weight is 538 g/mol. The maximum atomic E-state index is 12.6. The van der Waals surface area contributed by atoms with Gasteiger partial charge in [-0.25, -0.2) is 4.79 Å². The largest absolute Gasteiger partial charge is 0.504 e. The molecule has 1 saturated carbocycles. The van der Waals surface area contributed by atoms with Crippen molar-refractivity contribution in [1.82, 2.24) is 0 Å². The summed E-state index contributed by atoms with van der Waals surface area (Å²) in [6.07, 6.45) is -9.29. The third-order valence-corrected chi connectivity index (χ3v) is 6.39. The molecule has 1 aromatic rings. The first kappa shape index (κ1) is 29.5. The zero-order valence-electron chi connectivity index (χ0n) is 20.7. The minimum Gasteiger partial charge on any atom is -0.504 e. The van der Waals surface area contributed by atoms with Gasteiger partial charge in [0.2, 0.25) is 0 Å². The van der Waals surface area contributed by atoms with Crippen molar-refractivity contribution in [2.24, 2.45) is 0 Å². The zero-order chi connectivity index (χ0) is 28.0. The van der Waals surface area contributed by atoms with E-state index >= 15 is 0 Å². The summed E-state index contributed by atoms with van der Waals surface area (Å²) < 4.78 is 27.0. The number of aromatic hydroxyl groups is 1. The summed E-state index contributed by atoms with van der Waals surface area (Å²) in [5.74, 6) is -0.865. The van der Waals surface area contributed by atoms with Gasteiger partial charge in [-0.1, -0.05) is 6.07 Å². The molecule has 0 bridgehead atoms. The third kappa shape index (κ3) is 6.49. The Kier molecular flexibility index (Phi) is 10.2. The molecule has 2 fully saturated rings. The fourth-order valence-corrected chi connectivity index (χ4v) is 4.29. The maximum absolute atomic E-state index is 12.6. The lowest BCUT2D eigenvalue weighted by atomic mass is 9.84. The highest BCUT2D eigenvalue weighted by Crippen LogP contribution is 2.33. The van der Waals surface area contributed by atoms with Gasteiger partial charge in [0.15, 0.2) is 23.9 Å². The summed E-state index contributed by atoms with van der Waals surface area (Å²) in [4.78, 5) is 12.6. The number of hydrogen-bond donors (Lipinski definition) is 6. The number of nitriles is 1. The number of allylic oxidation sites excluding steroid dienone is 1. The van der Waals surface area contributed by atoms with Crippen LogP contribution in [0, 0.1) is 11.3 Å². The Hall–Kier alpha value is -3.06. The highest BCUT2D eigenvalue weighted by molar-refractivity contribution is 5.87. The van der Waals surface area contributed by atoms with Crippen molar-refractivity contribution in [3.8, 4) is 17.6 Å². The minimum absolute atomic E-state index is 0.00399. The lowest BCUT2D eigenvalue weighted by Crippen LogP contribution is -2.61. The Balaban J connectivity index is 1.83.